The van der Waals surface area contributed by atoms with Gasteiger partial charge in [0.15, 0.2) is 0 Å². The number of hydrogen-bond acceptors (Lipinski definition) is 4. The molecule has 3 aromatic heterocycles. The Labute approximate surface area is 174 Å². The molecule has 0 spiro atoms. The van der Waals surface area contributed by atoms with Gasteiger partial charge in [0.05, 0.1) is 30.8 Å². The largest absolute Gasteiger partial charge is 0.496 e. The predicted octanol–water partition coefficient (Wildman–Crippen LogP) is 4.08. The van der Waals surface area contributed by atoms with E-state index in [2.05, 4.69) is 21.0 Å². The summed E-state index contributed by atoms with van der Waals surface area (Å²) in [7, 11) is 3.24. The van der Waals surface area contributed by atoms with E-state index in [1.165, 1.54) is 0 Å². The van der Waals surface area contributed by atoms with Crippen molar-refractivity contribution < 1.29 is 14.3 Å². The number of nitrogens with one attached hydrogen (secondary N) is 2. The number of piperidine rings is 1. The van der Waals surface area contributed by atoms with Crippen molar-refractivity contribution in [3.05, 3.63) is 54.0 Å². The maximum atomic E-state index is 13.3. The maximum Gasteiger partial charge on any atom is 0.270 e. The van der Waals surface area contributed by atoms with Gasteiger partial charge in [-0.2, -0.15) is 0 Å². The van der Waals surface area contributed by atoms with Crippen LogP contribution in [0.5, 0.6) is 11.5 Å². The van der Waals surface area contributed by atoms with Gasteiger partial charge in [0.2, 0.25) is 0 Å². The number of carbonyl (C=O) groups is 1. The molecule has 0 radical (unpaired) electrons. The van der Waals surface area contributed by atoms with Crippen LogP contribution in [-0.4, -0.2) is 53.1 Å². The highest BCUT2D eigenvalue weighted by Gasteiger charge is 2.28. The summed E-state index contributed by atoms with van der Waals surface area (Å²) in [5, 5.41) is 0.843. The van der Waals surface area contributed by atoms with E-state index in [0.29, 0.717) is 23.7 Å². The third-order valence-electron chi connectivity index (χ3n) is 5.94. The van der Waals surface area contributed by atoms with Crippen molar-refractivity contribution in [1.82, 2.24) is 19.9 Å². The van der Waals surface area contributed by atoms with Crippen LogP contribution in [0.3, 0.4) is 0 Å². The van der Waals surface area contributed by atoms with E-state index in [1.807, 2.05) is 35.2 Å². The molecule has 5 rings (SSSR count). The minimum Gasteiger partial charge on any atom is -0.496 e. The first-order valence-corrected chi connectivity index (χ1v) is 10.1. The van der Waals surface area contributed by atoms with Crippen LogP contribution in [0.25, 0.3) is 21.9 Å². The zero-order valence-electron chi connectivity index (χ0n) is 17.1. The van der Waals surface area contributed by atoms with Crippen molar-refractivity contribution in [2.75, 3.05) is 27.3 Å². The zero-order chi connectivity index (χ0) is 20.7. The van der Waals surface area contributed by atoms with Crippen molar-refractivity contribution in [3.8, 4) is 11.5 Å². The second kappa shape index (κ2) is 7.40. The monoisotopic (exact) mass is 404 g/mol. The number of pyridine rings is 1. The Morgan fingerprint density at radius 3 is 2.77 bits per heavy atom. The Balaban J connectivity index is 1.43. The van der Waals surface area contributed by atoms with Crippen molar-refractivity contribution >= 4 is 27.8 Å². The van der Waals surface area contributed by atoms with Gasteiger partial charge in [0.25, 0.3) is 5.91 Å². The molecule has 1 atom stereocenters. The smallest absolute Gasteiger partial charge is 0.270 e. The molecule has 0 aliphatic carbocycles. The second-order valence-corrected chi connectivity index (χ2v) is 7.69. The molecule has 1 fully saturated rings. The lowest BCUT2D eigenvalue weighted by molar-refractivity contribution is 0.0701. The van der Waals surface area contributed by atoms with Gasteiger partial charge in [-0.25, -0.2) is 0 Å². The number of aromatic amines is 2. The van der Waals surface area contributed by atoms with Gasteiger partial charge >= 0.3 is 0 Å². The summed E-state index contributed by atoms with van der Waals surface area (Å²) >= 11 is 0. The van der Waals surface area contributed by atoms with E-state index in [9.17, 15) is 4.79 Å². The van der Waals surface area contributed by atoms with E-state index < -0.39 is 0 Å². The zero-order valence-corrected chi connectivity index (χ0v) is 17.1. The lowest BCUT2D eigenvalue weighted by Gasteiger charge is -2.32. The highest BCUT2D eigenvalue weighted by Crippen LogP contribution is 2.34. The number of ether oxygens (including phenoxy) is 2. The van der Waals surface area contributed by atoms with Crippen LogP contribution in [0.1, 0.15) is 34.9 Å². The molecule has 7 nitrogen and oxygen atoms in total. The van der Waals surface area contributed by atoms with Gasteiger partial charge in [-0.15, -0.1) is 0 Å². The number of likely N-dealkylation sites (tertiary alicyclic amines) is 1. The van der Waals surface area contributed by atoms with Gasteiger partial charge in [0.1, 0.15) is 17.2 Å². The van der Waals surface area contributed by atoms with Crippen molar-refractivity contribution in [2.45, 2.75) is 18.8 Å². The third kappa shape index (κ3) is 3.07. The number of aromatic nitrogens is 3. The maximum absolute atomic E-state index is 13.3. The molecule has 2 N–H and O–H groups in total. The summed E-state index contributed by atoms with van der Waals surface area (Å²) in [6.45, 7) is 1.42. The summed E-state index contributed by atoms with van der Waals surface area (Å²) in [4.78, 5) is 26.4. The van der Waals surface area contributed by atoms with Gasteiger partial charge in [-0.3, -0.25) is 9.78 Å². The van der Waals surface area contributed by atoms with E-state index in [4.69, 9.17) is 9.47 Å². The Kier molecular flexibility index (Phi) is 4.58. The summed E-state index contributed by atoms with van der Waals surface area (Å²) in [6.07, 6.45) is 3.81. The molecule has 0 unspecified atom stereocenters. The topological polar surface area (TPSA) is 83.2 Å². The molecule has 7 heteroatoms. The number of hydrogen-bond donors (Lipinski definition) is 2. The fourth-order valence-corrected chi connectivity index (χ4v) is 4.41. The van der Waals surface area contributed by atoms with Crippen LogP contribution < -0.4 is 9.47 Å². The lowest BCUT2D eigenvalue weighted by atomic mass is 9.94. The van der Waals surface area contributed by atoms with Crippen molar-refractivity contribution in [3.63, 3.8) is 0 Å². The highest BCUT2D eigenvalue weighted by atomic mass is 16.5. The molecule has 1 saturated heterocycles. The Hall–Kier alpha value is -3.48. The number of benzene rings is 1. The van der Waals surface area contributed by atoms with Crippen LogP contribution in [0.15, 0.2) is 42.6 Å². The molecule has 1 aromatic carbocycles. The van der Waals surface area contributed by atoms with Gasteiger partial charge in [0, 0.05) is 36.3 Å². The molecule has 0 saturated carbocycles. The van der Waals surface area contributed by atoms with E-state index in [0.717, 1.165) is 47.0 Å². The first-order valence-electron chi connectivity index (χ1n) is 10.1. The van der Waals surface area contributed by atoms with E-state index in [-0.39, 0.29) is 11.8 Å². The summed E-state index contributed by atoms with van der Waals surface area (Å²) < 4.78 is 10.9. The minimum atomic E-state index is -0.00533. The molecule has 30 heavy (non-hydrogen) atoms. The molecule has 0 bridgehead atoms. The van der Waals surface area contributed by atoms with Crippen LogP contribution in [-0.2, 0) is 0 Å². The molecule has 1 aliphatic heterocycles. The number of H-pyrrole nitrogens is 2. The molecule has 1 amide bonds. The van der Waals surface area contributed by atoms with Crippen molar-refractivity contribution in [2.24, 2.45) is 0 Å². The third-order valence-corrected chi connectivity index (χ3v) is 5.94. The number of fused-ring (bicyclic) bond motifs is 2. The second-order valence-electron chi connectivity index (χ2n) is 7.69. The highest BCUT2D eigenvalue weighted by molar-refractivity contribution is 6.01. The number of rotatable bonds is 4. The van der Waals surface area contributed by atoms with Crippen LogP contribution in [0.2, 0.25) is 0 Å². The van der Waals surface area contributed by atoms with Gasteiger partial charge in [-0.1, -0.05) is 0 Å². The average Bonchev–Trinajstić information content (AvgIpc) is 3.43. The molecule has 1 aliphatic rings. The van der Waals surface area contributed by atoms with Crippen LogP contribution in [0, 0.1) is 0 Å². The Bertz CT molecular complexity index is 1150. The standard InChI is InChI=1S/C23H24N4O3/c1-29-20-7-8-21(30-2)22-15(20)11-19(26-22)23(28)27-10-4-5-14(13-27)17-12-18-16(25-17)6-3-9-24-18/h3,6-9,11-12,14,25-26H,4-5,10,13H2,1-2H3/t14-/m1/s1. The fraction of sp³-hybridized carbons (Fsp3) is 0.304. The quantitative estimate of drug-likeness (QED) is 0.537. The first-order chi connectivity index (χ1) is 14.7. The molecular weight excluding hydrogens is 380 g/mol. The molecule has 4 heterocycles. The predicted molar refractivity (Wildman–Crippen MR) is 115 cm³/mol. The average molecular weight is 404 g/mol. The SMILES string of the molecule is COc1ccc(OC)c2[nH]c(C(=O)N3CCC[C@@H](c4cc5ncccc5[nH]4)C3)cc12. The lowest BCUT2D eigenvalue weighted by Crippen LogP contribution is -2.39. The van der Waals surface area contributed by atoms with Crippen LogP contribution in [0.4, 0.5) is 0 Å². The number of amides is 1. The summed E-state index contributed by atoms with van der Waals surface area (Å²) in [5.74, 6) is 1.66. The Morgan fingerprint density at radius 1 is 1.13 bits per heavy atom. The van der Waals surface area contributed by atoms with E-state index in [1.54, 1.807) is 20.4 Å². The van der Waals surface area contributed by atoms with Gasteiger partial charge < -0.3 is 24.3 Å². The fourth-order valence-electron chi connectivity index (χ4n) is 4.41. The summed E-state index contributed by atoms with van der Waals surface area (Å²) in [6, 6.07) is 11.6. The first kappa shape index (κ1) is 18.5. The number of carbonyl (C=O) groups excluding carboxylic acids is 1. The van der Waals surface area contributed by atoms with E-state index >= 15 is 0 Å². The van der Waals surface area contributed by atoms with Crippen molar-refractivity contribution in [1.29, 1.82) is 0 Å². The van der Waals surface area contributed by atoms with Crippen LogP contribution >= 0.6 is 0 Å². The molecule has 154 valence electrons. The summed E-state index contributed by atoms with van der Waals surface area (Å²) in [5.41, 5.74) is 4.46. The number of nitrogens with zero attached hydrogens (tertiary/aromatic N) is 2. The molecular formula is C23H24N4O3. The van der Waals surface area contributed by atoms with Gasteiger partial charge in [-0.05, 0) is 49.2 Å². The minimum absolute atomic E-state index is 0.00533. The number of methoxy groups -OCH3 is 2. The Morgan fingerprint density at radius 2 is 1.97 bits per heavy atom. The normalized spacial score (nSPS) is 16.9. The molecule has 4 aromatic rings.